The van der Waals surface area contributed by atoms with Crippen molar-refractivity contribution in [1.82, 2.24) is 0 Å². The number of aliphatic hydroxyl groups is 2. The number of hydrogen-bond donors (Lipinski definition) is 2. The standard InChI is InChI=1S/C26H44O2/c1-17(2)11-15-26(5,28)23-22(27)16-21-19-10-9-18-8-6-7-13-24(18,3)20(19)12-14-25(21,23)4/h9,17,19-23,27-28H,6-8,10-16H2,1-5H3/t19-,20+,21+,22+,23+,24+,25+,26+/m1/s1. The quantitative estimate of drug-likeness (QED) is 0.570. The lowest BCUT2D eigenvalue weighted by Gasteiger charge is -2.58. The van der Waals surface area contributed by atoms with Crippen molar-refractivity contribution in [1.29, 1.82) is 0 Å². The van der Waals surface area contributed by atoms with Crippen molar-refractivity contribution in [2.75, 3.05) is 0 Å². The van der Waals surface area contributed by atoms with Gasteiger partial charge in [0, 0.05) is 5.92 Å². The van der Waals surface area contributed by atoms with Gasteiger partial charge in [0.05, 0.1) is 11.7 Å². The van der Waals surface area contributed by atoms with Gasteiger partial charge in [-0.15, -0.1) is 0 Å². The highest BCUT2D eigenvalue weighted by Gasteiger charge is 2.63. The molecule has 0 spiro atoms. The molecule has 2 N–H and O–H groups in total. The van der Waals surface area contributed by atoms with Crippen molar-refractivity contribution in [2.45, 2.75) is 111 Å². The molecule has 0 saturated heterocycles. The Kier molecular flexibility index (Phi) is 5.32. The molecule has 0 aliphatic heterocycles. The summed E-state index contributed by atoms with van der Waals surface area (Å²) < 4.78 is 0. The van der Waals surface area contributed by atoms with Gasteiger partial charge < -0.3 is 10.2 Å². The minimum atomic E-state index is -0.759. The van der Waals surface area contributed by atoms with E-state index in [9.17, 15) is 10.2 Å². The second-order valence-electron chi connectivity index (χ2n) is 12.1. The number of fused-ring (bicyclic) bond motifs is 5. The Morgan fingerprint density at radius 1 is 1.18 bits per heavy atom. The maximum Gasteiger partial charge on any atom is 0.0677 e. The van der Waals surface area contributed by atoms with E-state index >= 15 is 0 Å². The van der Waals surface area contributed by atoms with Crippen LogP contribution in [0, 0.1) is 40.4 Å². The summed E-state index contributed by atoms with van der Waals surface area (Å²) >= 11 is 0. The van der Waals surface area contributed by atoms with Crippen molar-refractivity contribution >= 4 is 0 Å². The molecule has 0 radical (unpaired) electrons. The number of rotatable bonds is 4. The van der Waals surface area contributed by atoms with Crippen LogP contribution in [0.5, 0.6) is 0 Å². The normalized spacial score (nSPS) is 47.7. The summed E-state index contributed by atoms with van der Waals surface area (Å²) in [6, 6.07) is 0. The lowest BCUT2D eigenvalue weighted by Crippen LogP contribution is -2.53. The minimum Gasteiger partial charge on any atom is -0.393 e. The molecule has 0 aromatic heterocycles. The van der Waals surface area contributed by atoms with Gasteiger partial charge in [-0.25, -0.2) is 0 Å². The second kappa shape index (κ2) is 7.12. The Hall–Kier alpha value is -0.340. The van der Waals surface area contributed by atoms with E-state index in [0.29, 0.717) is 23.2 Å². The maximum atomic E-state index is 11.5. The highest BCUT2D eigenvalue weighted by atomic mass is 16.3. The van der Waals surface area contributed by atoms with Crippen LogP contribution in [0.25, 0.3) is 0 Å². The Labute approximate surface area is 173 Å². The van der Waals surface area contributed by atoms with E-state index in [-0.39, 0.29) is 17.4 Å². The van der Waals surface area contributed by atoms with Crippen molar-refractivity contribution < 1.29 is 10.2 Å². The molecule has 28 heavy (non-hydrogen) atoms. The average molecular weight is 389 g/mol. The van der Waals surface area contributed by atoms with Gasteiger partial charge in [-0.1, -0.05) is 45.8 Å². The summed E-state index contributed by atoms with van der Waals surface area (Å²) in [4.78, 5) is 0. The second-order valence-corrected chi connectivity index (χ2v) is 12.1. The third kappa shape index (κ3) is 3.13. The smallest absolute Gasteiger partial charge is 0.0677 e. The van der Waals surface area contributed by atoms with Crippen LogP contribution in [0.1, 0.15) is 98.8 Å². The fraction of sp³-hybridized carbons (Fsp3) is 0.923. The van der Waals surface area contributed by atoms with Crippen LogP contribution in [0.4, 0.5) is 0 Å². The number of allylic oxidation sites excluding steroid dienone is 2. The molecular weight excluding hydrogens is 344 g/mol. The Morgan fingerprint density at radius 3 is 2.64 bits per heavy atom. The lowest BCUT2D eigenvalue weighted by molar-refractivity contribution is -0.123. The third-order valence-corrected chi connectivity index (χ3v) is 9.94. The molecule has 4 rings (SSSR count). The molecular formula is C26H44O2. The van der Waals surface area contributed by atoms with Gasteiger partial charge in [-0.2, -0.15) is 0 Å². The Bertz CT molecular complexity index is 620. The molecule has 3 saturated carbocycles. The van der Waals surface area contributed by atoms with Crippen molar-refractivity contribution in [3.05, 3.63) is 11.6 Å². The first kappa shape index (κ1) is 20.9. The first-order chi connectivity index (χ1) is 13.1. The summed E-state index contributed by atoms with van der Waals surface area (Å²) in [5.74, 6) is 2.67. The van der Waals surface area contributed by atoms with Crippen molar-refractivity contribution in [3.8, 4) is 0 Å². The molecule has 2 nitrogen and oxygen atoms in total. The van der Waals surface area contributed by atoms with Crippen LogP contribution in [0.2, 0.25) is 0 Å². The largest absolute Gasteiger partial charge is 0.393 e. The van der Waals surface area contributed by atoms with Crippen molar-refractivity contribution in [3.63, 3.8) is 0 Å². The van der Waals surface area contributed by atoms with Crippen LogP contribution >= 0.6 is 0 Å². The van der Waals surface area contributed by atoms with Gasteiger partial charge in [0.2, 0.25) is 0 Å². The molecule has 0 amide bonds. The van der Waals surface area contributed by atoms with Gasteiger partial charge in [0.25, 0.3) is 0 Å². The molecule has 4 aliphatic rings. The van der Waals surface area contributed by atoms with E-state index in [1.165, 1.54) is 44.9 Å². The molecule has 0 heterocycles. The fourth-order valence-electron chi connectivity index (χ4n) is 8.57. The topological polar surface area (TPSA) is 40.5 Å². The molecule has 0 aromatic rings. The van der Waals surface area contributed by atoms with Crippen LogP contribution in [-0.4, -0.2) is 21.9 Å². The predicted molar refractivity (Wildman–Crippen MR) is 116 cm³/mol. The monoisotopic (exact) mass is 388 g/mol. The Balaban J connectivity index is 1.61. The van der Waals surface area contributed by atoms with Crippen LogP contribution in [-0.2, 0) is 0 Å². The third-order valence-electron chi connectivity index (χ3n) is 9.94. The van der Waals surface area contributed by atoms with E-state index < -0.39 is 5.60 Å². The summed E-state index contributed by atoms with van der Waals surface area (Å²) in [5, 5.41) is 22.7. The summed E-state index contributed by atoms with van der Waals surface area (Å²) in [6.45, 7) is 11.5. The predicted octanol–water partition coefficient (Wildman–Crippen LogP) is 6.11. The first-order valence-electron chi connectivity index (χ1n) is 12.2. The number of hydrogen-bond acceptors (Lipinski definition) is 2. The highest BCUT2D eigenvalue weighted by molar-refractivity contribution is 5.25. The van der Waals surface area contributed by atoms with Gasteiger partial charge >= 0.3 is 0 Å². The molecule has 0 bridgehead atoms. The molecule has 4 aliphatic carbocycles. The van der Waals surface area contributed by atoms with E-state index in [1.807, 2.05) is 6.92 Å². The maximum absolute atomic E-state index is 11.5. The summed E-state index contributed by atoms with van der Waals surface area (Å²) in [7, 11) is 0. The minimum absolute atomic E-state index is 0.0224. The van der Waals surface area contributed by atoms with E-state index in [4.69, 9.17) is 0 Å². The Morgan fingerprint density at radius 2 is 1.93 bits per heavy atom. The molecule has 0 unspecified atom stereocenters. The lowest BCUT2D eigenvalue weighted by atomic mass is 9.47. The molecule has 2 heteroatoms. The molecule has 3 fully saturated rings. The van der Waals surface area contributed by atoms with Gasteiger partial charge in [-0.05, 0) is 99.2 Å². The zero-order valence-corrected chi connectivity index (χ0v) is 19.0. The van der Waals surface area contributed by atoms with Gasteiger partial charge in [-0.3, -0.25) is 0 Å². The van der Waals surface area contributed by atoms with Crippen LogP contribution in [0.15, 0.2) is 11.6 Å². The van der Waals surface area contributed by atoms with Crippen LogP contribution < -0.4 is 0 Å². The summed E-state index contributed by atoms with van der Waals surface area (Å²) in [6.07, 6.45) is 14.1. The van der Waals surface area contributed by atoms with E-state index in [2.05, 4.69) is 33.8 Å². The van der Waals surface area contributed by atoms with E-state index in [0.717, 1.165) is 25.2 Å². The summed E-state index contributed by atoms with van der Waals surface area (Å²) in [5.41, 5.74) is 1.48. The highest BCUT2D eigenvalue weighted by Crippen LogP contribution is 2.67. The van der Waals surface area contributed by atoms with Crippen LogP contribution in [0.3, 0.4) is 0 Å². The molecule has 8 atom stereocenters. The molecule has 0 aromatic carbocycles. The SMILES string of the molecule is CC(C)CC[C@](C)(O)[C@H]1[C@@H](O)C[C@H]2[C@@H]3CC=C4CCCC[C@]4(C)[C@H]3CC[C@@]21C. The zero-order chi connectivity index (χ0) is 20.3. The van der Waals surface area contributed by atoms with E-state index in [1.54, 1.807) is 5.57 Å². The average Bonchev–Trinajstić information content (AvgIpc) is 2.90. The zero-order valence-electron chi connectivity index (χ0n) is 19.0. The van der Waals surface area contributed by atoms with Gasteiger partial charge in [0.1, 0.15) is 0 Å². The van der Waals surface area contributed by atoms with Crippen molar-refractivity contribution in [2.24, 2.45) is 40.4 Å². The number of aliphatic hydroxyl groups excluding tert-OH is 1. The molecule has 160 valence electrons. The fourth-order valence-corrected chi connectivity index (χ4v) is 8.57. The first-order valence-corrected chi connectivity index (χ1v) is 12.2. The van der Waals surface area contributed by atoms with Gasteiger partial charge in [0.15, 0.2) is 0 Å².